The van der Waals surface area contributed by atoms with Gasteiger partial charge in [-0.15, -0.1) is 0 Å². The van der Waals surface area contributed by atoms with Gasteiger partial charge >= 0.3 is 5.97 Å². The van der Waals surface area contributed by atoms with E-state index in [0.29, 0.717) is 19.5 Å². The molecule has 100 valence electrons. The molecule has 1 rings (SSSR count). The van der Waals surface area contributed by atoms with E-state index in [4.69, 9.17) is 5.11 Å². The standard InChI is InChI=1S/C11H21NO4S/c1-2-3-7-17(15,16)12-6-4-5-10(9-12)8-11(13)14/h10H,2-9H2,1H3,(H,13,14). The van der Waals surface area contributed by atoms with Crippen molar-refractivity contribution >= 4 is 16.0 Å². The third-order valence-corrected chi connectivity index (χ3v) is 5.02. The van der Waals surface area contributed by atoms with E-state index >= 15 is 0 Å². The zero-order valence-electron chi connectivity index (χ0n) is 10.3. The summed E-state index contributed by atoms with van der Waals surface area (Å²) < 4.78 is 25.4. The molecular formula is C11H21NO4S. The maximum atomic E-state index is 12.0. The highest BCUT2D eigenvalue weighted by atomic mass is 32.2. The van der Waals surface area contributed by atoms with Gasteiger partial charge in [-0.25, -0.2) is 12.7 Å². The van der Waals surface area contributed by atoms with Gasteiger partial charge in [-0.3, -0.25) is 4.79 Å². The lowest BCUT2D eigenvalue weighted by Gasteiger charge is -2.31. The van der Waals surface area contributed by atoms with Crippen LogP contribution in [0.1, 0.15) is 39.0 Å². The highest BCUT2D eigenvalue weighted by Crippen LogP contribution is 2.22. The van der Waals surface area contributed by atoms with Gasteiger partial charge in [0.1, 0.15) is 0 Å². The Kier molecular flexibility index (Phi) is 5.39. The highest BCUT2D eigenvalue weighted by Gasteiger charge is 2.29. The van der Waals surface area contributed by atoms with Gasteiger partial charge in [0.2, 0.25) is 10.0 Å². The van der Waals surface area contributed by atoms with Crippen molar-refractivity contribution in [3.63, 3.8) is 0 Å². The van der Waals surface area contributed by atoms with Crippen LogP contribution in [0.4, 0.5) is 0 Å². The summed E-state index contributed by atoms with van der Waals surface area (Å²) in [6.07, 6.45) is 3.17. The Hall–Kier alpha value is -0.620. The van der Waals surface area contributed by atoms with Crippen molar-refractivity contribution in [1.29, 1.82) is 0 Å². The Morgan fingerprint density at radius 3 is 2.76 bits per heavy atom. The summed E-state index contributed by atoms with van der Waals surface area (Å²) in [6, 6.07) is 0. The van der Waals surface area contributed by atoms with E-state index in [0.717, 1.165) is 19.3 Å². The number of nitrogens with zero attached hydrogens (tertiary/aromatic N) is 1. The average Bonchev–Trinajstić information content (AvgIpc) is 2.26. The van der Waals surface area contributed by atoms with Crippen molar-refractivity contribution in [2.45, 2.75) is 39.0 Å². The molecule has 0 amide bonds. The van der Waals surface area contributed by atoms with Crippen molar-refractivity contribution in [2.75, 3.05) is 18.8 Å². The van der Waals surface area contributed by atoms with Gasteiger partial charge in [0, 0.05) is 19.5 Å². The van der Waals surface area contributed by atoms with Gasteiger partial charge in [0.05, 0.1) is 5.75 Å². The zero-order valence-corrected chi connectivity index (χ0v) is 11.1. The predicted molar refractivity (Wildman–Crippen MR) is 65.2 cm³/mol. The van der Waals surface area contributed by atoms with Crippen LogP contribution in [0.15, 0.2) is 0 Å². The van der Waals surface area contributed by atoms with Crippen molar-refractivity contribution in [1.82, 2.24) is 4.31 Å². The second-order valence-electron chi connectivity index (χ2n) is 4.63. The van der Waals surface area contributed by atoms with Gasteiger partial charge in [-0.1, -0.05) is 13.3 Å². The molecule has 6 heteroatoms. The zero-order chi connectivity index (χ0) is 12.9. The third-order valence-electron chi connectivity index (χ3n) is 3.09. The van der Waals surface area contributed by atoms with Crippen LogP contribution in [0.5, 0.6) is 0 Å². The van der Waals surface area contributed by atoms with Crippen molar-refractivity contribution in [2.24, 2.45) is 5.92 Å². The third kappa shape index (κ3) is 4.63. The highest BCUT2D eigenvalue weighted by molar-refractivity contribution is 7.89. The first-order valence-corrected chi connectivity index (χ1v) is 7.76. The Balaban J connectivity index is 2.56. The summed E-state index contributed by atoms with van der Waals surface area (Å²) in [6.45, 7) is 2.87. The number of hydrogen-bond acceptors (Lipinski definition) is 3. The molecule has 0 spiro atoms. The number of sulfonamides is 1. The summed E-state index contributed by atoms with van der Waals surface area (Å²) in [7, 11) is -3.17. The molecule has 1 N–H and O–H groups in total. The fraction of sp³-hybridized carbons (Fsp3) is 0.909. The molecule has 0 bridgehead atoms. The first-order chi connectivity index (χ1) is 7.95. The molecule has 0 aromatic heterocycles. The number of carbonyl (C=O) groups is 1. The van der Waals surface area contributed by atoms with E-state index in [2.05, 4.69) is 0 Å². The average molecular weight is 263 g/mol. The summed E-state index contributed by atoms with van der Waals surface area (Å²) in [4.78, 5) is 10.6. The Morgan fingerprint density at radius 1 is 1.47 bits per heavy atom. The van der Waals surface area contributed by atoms with E-state index in [-0.39, 0.29) is 18.1 Å². The van der Waals surface area contributed by atoms with Gasteiger partial charge < -0.3 is 5.11 Å². The SMILES string of the molecule is CCCCS(=O)(=O)N1CCCC(CC(=O)O)C1. The lowest BCUT2D eigenvalue weighted by Crippen LogP contribution is -2.41. The van der Waals surface area contributed by atoms with Crippen LogP contribution < -0.4 is 0 Å². The molecular weight excluding hydrogens is 242 g/mol. The van der Waals surface area contributed by atoms with Gasteiger partial charge in [-0.05, 0) is 25.2 Å². The molecule has 1 fully saturated rings. The molecule has 1 aliphatic heterocycles. The second-order valence-corrected chi connectivity index (χ2v) is 6.72. The van der Waals surface area contributed by atoms with Crippen LogP contribution in [-0.2, 0) is 14.8 Å². The minimum absolute atomic E-state index is 0.0300. The van der Waals surface area contributed by atoms with Crippen molar-refractivity contribution in [3.8, 4) is 0 Å². The van der Waals surface area contributed by atoms with Crippen LogP contribution >= 0.6 is 0 Å². The fourth-order valence-electron chi connectivity index (χ4n) is 2.15. The van der Waals surface area contributed by atoms with Crippen molar-refractivity contribution in [3.05, 3.63) is 0 Å². The van der Waals surface area contributed by atoms with Crippen LogP contribution in [0, 0.1) is 5.92 Å². The van der Waals surface area contributed by atoms with Crippen molar-refractivity contribution < 1.29 is 18.3 Å². The lowest BCUT2D eigenvalue weighted by atomic mass is 9.96. The molecule has 1 saturated heterocycles. The Morgan fingerprint density at radius 2 is 2.18 bits per heavy atom. The smallest absolute Gasteiger partial charge is 0.303 e. The topological polar surface area (TPSA) is 74.7 Å². The molecule has 17 heavy (non-hydrogen) atoms. The minimum atomic E-state index is -3.17. The quantitative estimate of drug-likeness (QED) is 0.784. The molecule has 0 saturated carbocycles. The van der Waals surface area contributed by atoms with Crippen LogP contribution in [0.3, 0.4) is 0 Å². The van der Waals surface area contributed by atoms with Gasteiger partial charge in [0.15, 0.2) is 0 Å². The molecule has 1 heterocycles. The monoisotopic (exact) mass is 263 g/mol. The molecule has 0 aliphatic carbocycles. The number of hydrogen-bond donors (Lipinski definition) is 1. The van der Waals surface area contributed by atoms with Gasteiger partial charge in [0.25, 0.3) is 0 Å². The van der Waals surface area contributed by atoms with E-state index in [1.807, 2.05) is 6.92 Å². The summed E-state index contributed by atoms with van der Waals surface area (Å²) in [5.74, 6) is -0.691. The van der Waals surface area contributed by atoms with Crippen LogP contribution in [0.2, 0.25) is 0 Å². The molecule has 0 radical (unpaired) electrons. The summed E-state index contributed by atoms with van der Waals surface area (Å²) >= 11 is 0. The normalized spacial score (nSPS) is 22.5. The number of carboxylic acid groups (broad SMARTS) is 1. The first kappa shape index (κ1) is 14.4. The predicted octanol–water partition coefficient (Wildman–Crippen LogP) is 1.30. The number of rotatable bonds is 6. The maximum absolute atomic E-state index is 12.0. The number of piperidine rings is 1. The Labute approximate surface area is 103 Å². The fourth-order valence-corrected chi connectivity index (χ4v) is 3.91. The molecule has 0 aromatic carbocycles. The lowest BCUT2D eigenvalue weighted by molar-refractivity contribution is -0.138. The molecule has 1 unspecified atom stereocenters. The first-order valence-electron chi connectivity index (χ1n) is 6.15. The van der Waals surface area contributed by atoms with Crippen LogP contribution in [-0.4, -0.2) is 42.6 Å². The summed E-state index contributed by atoms with van der Waals surface area (Å²) in [5, 5.41) is 8.73. The number of aliphatic carboxylic acids is 1. The molecule has 5 nitrogen and oxygen atoms in total. The molecule has 0 aromatic rings. The largest absolute Gasteiger partial charge is 0.481 e. The van der Waals surface area contributed by atoms with E-state index in [9.17, 15) is 13.2 Å². The number of carboxylic acids is 1. The van der Waals surface area contributed by atoms with Gasteiger partial charge in [-0.2, -0.15) is 0 Å². The van der Waals surface area contributed by atoms with E-state index < -0.39 is 16.0 Å². The molecule has 1 atom stereocenters. The maximum Gasteiger partial charge on any atom is 0.303 e. The second kappa shape index (κ2) is 6.35. The van der Waals surface area contributed by atoms with E-state index in [1.165, 1.54) is 4.31 Å². The number of unbranched alkanes of at least 4 members (excludes halogenated alkanes) is 1. The summed E-state index contributed by atoms with van der Waals surface area (Å²) in [5.41, 5.74) is 0. The van der Waals surface area contributed by atoms with Crippen LogP contribution in [0.25, 0.3) is 0 Å². The van der Waals surface area contributed by atoms with E-state index in [1.54, 1.807) is 0 Å². The Bertz CT molecular complexity index is 352. The minimum Gasteiger partial charge on any atom is -0.481 e. The molecule has 1 aliphatic rings.